The molecule has 8 heteroatoms. The normalized spacial score (nSPS) is 12.7. The number of pyridine rings is 1. The van der Waals surface area contributed by atoms with Crippen LogP contribution >= 0.6 is 11.6 Å². The van der Waals surface area contributed by atoms with Crippen molar-refractivity contribution in [3.05, 3.63) is 94.8 Å². The number of hydrogen-bond donors (Lipinski definition) is 1. The summed E-state index contributed by atoms with van der Waals surface area (Å²) >= 11 is 6.27. The molecule has 1 atom stereocenters. The molecule has 2 aromatic carbocycles. The third-order valence-corrected chi connectivity index (χ3v) is 7.34. The molecule has 0 aliphatic heterocycles. The Labute approximate surface area is 187 Å². The van der Waals surface area contributed by atoms with Crippen LogP contribution in [0.15, 0.2) is 77.8 Å². The van der Waals surface area contributed by atoms with Crippen molar-refractivity contribution < 1.29 is 13.2 Å². The highest BCUT2D eigenvalue weighted by molar-refractivity contribution is 7.89. The molecular formula is C23H24ClN3O3S. The van der Waals surface area contributed by atoms with Gasteiger partial charge in [-0.25, -0.2) is 8.42 Å². The van der Waals surface area contributed by atoms with Gasteiger partial charge in [0.25, 0.3) is 5.91 Å². The first-order valence-corrected chi connectivity index (χ1v) is 11.6. The van der Waals surface area contributed by atoms with Gasteiger partial charge in [-0.3, -0.25) is 9.78 Å². The molecule has 31 heavy (non-hydrogen) atoms. The first kappa shape index (κ1) is 22.9. The molecule has 0 aliphatic carbocycles. The summed E-state index contributed by atoms with van der Waals surface area (Å²) in [7, 11) is -2.26. The lowest BCUT2D eigenvalue weighted by Gasteiger charge is -2.22. The van der Waals surface area contributed by atoms with Crippen molar-refractivity contribution in [3.8, 4) is 0 Å². The van der Waals surface area contributed by atoms with Crippen LogP contribution in [0.2, 0.25) is 5.02 Å². The maximum Gasteiger partial charge on any atom is 0.253 e. The predicted octanol–water partition coefficient (Wildman–Crippen LogP) is 4.28. The molecule has 1 amide bonds. The van der Waals surface area contributed by atoms with E-state index in [-0.39, 0.29) is 21.5 Å². The summed E-state index contributed by atoms with van der Waals surface area (Å²) in [5, 5.41) is 3.11. The largest absolute Gasteiger partial charge is 0.339 e. The molecule has 0 spiro atoms. The van der Waals surface area contributed by atoms with Crippen molar-refractivity contribution in [2.24, 2.45) is 0 Å². The molecule has 1 aromatic heterocycles. The first-order chi connectivity index (χ1) is 14.7. The maximum atomic E-state index is 13.2. The summed E-state index contributed by atoms with van der Waals surface area (Å²) in [5.74, 6) is -0.492. The van der Waals surface area contributed by atoms with Crippen LogP contribution in [0.25, 0.3) is 0 Å². The molecule has 0 fully saturated rings. The Balaban J connectivity index is 1.98. The molecule has 6 nitrogen and oxygen atoms in total. The SMILES string of the molecule is CC(C)N(C)S(=O)(=O)c1ccc(Cl)c(C(=O)NC(c2ccccc2)c2ccccn2)c1. The van der Waals surface area contributed by atoms with Gasteiger partial charge in [0, 0.05) is 19.3 Å². The van der Waals surface area contributed by atoms with Gasteiger partial charge in [0.15, 0.2) is 0 Å². The minimum atomic E-state index is -3.76. The smallest absolute Gasteiger partial charge is 0.253 e. The lowest BCUT2D eigenvalue weighted by molar-refractivity contribution is 0.0942. The number of amides is 1. The Morgan fingerprint density at radius 1 is 1.03 bits per heavy atom. The van der Waals surface area contributed by atoms with E-state index < -0.39 is 22.0 Å². The van der Waals surface area contributed by atoms with Crippen molar-refractivity contribution in [3.63, 3.8) is 0 Å². The molecule has 1 unspecified atom stereocenters. The van der Waals surface area contributed by atoms with Crippen LogP contribution < -0.4 is 5.32 Å². The third kappa shape index (κ3) is 5.12. The number of carbonyl (C=O) groups excluding carboxylic acids is 1. The molecule has 3 aromatic rings. The number of nitrogens with zero attached hydrogens (tertiary/aromatic N) is 2. The Morgan fingerprint density at radius 2 is 1.71 bits per heavy atom. The molecular weight excluding hydrogens is 434 g/mol. The van der Waals surface area contributed by atoms with Gasteiger partial charge < -0.3 is 5.32 Å². The van der Waals surface area contributed by atoms with E-state index in [1.807, 2.05) is 42.5 Å². The summed E-state index contributed by atoms with van der Waals surface area (Å²) < 4.78 is 27.0. The lowest BCUT2D eigenvalue weighted by atomic mass is 10.0. The van der Waals surface area contributed by atoms with Crippen LogP contribution in [0, 0.1) is 0 Å². The molecule has 3 rings (SSSR count). The topological polar surface area (TPSA) is 79.4 Å². The van der Waals surface area contributed by atoms with Gasteiger partial charge in [0.2, 0.25) is 10.0 Å². The second-order valence-corrected chi connectivity index (χ2v) is 9.73. The van der Waals surface area contributed by atoms with Gasteiger partial charge in [-0.2, -0.15) is 4.31 Å². The quantitative estimate of drug-likeness (QED) is 0.574. The minimum absolute atomic E-state index is 0.00680. The summed E-state index contributed by atoms with van der Waals surface area (Å²) in [6.45, 7) is 3.55. The Kier molecular flexibility index (Phi) is 7.10. The highest BCUT2D eigenvalue weighted by Gasteiger charge is 2.26. The zero-order chi connectivity index (χ0) is 22.6. The van der Waals surface area contributed by atoms with E-state index in [9.17, 15) is 13.2 Å². The van der Waals surface area contributed by atoms with Gasteiger partial charge >= 0.3 is 0 Å². The fourth-order valence-corrected chi connectivity index (χ4v) is 4.61. The molecule has 0 saturated heterocycles. The molecule has 162 valence electrons. The number of hydrogen-bond acceptors (Lipinski definition) is 4. The van der Waals surface area contributed by atoms with Crippen molar-refractivity contribution in [2.45, 2.75) is 30.8 Å². The average Bonchev–Trinajstić information content (AvgIpc) is 2.78. The fraction of sp³-hybridized carbons (Fsp3) is 0.217. The van der Waals surface area contributed by atoms with Crippen LogP contribution in [0.3, 0.4) is 0 Å². The summed E-state index contributed by atoms with van der Waals surface area (Å²) in [6.07, 6.45) is 1.65. The van der Waals surface area contributed by atoms with E-state index in [1.165, 1.54) is 29.6 Å². The standard InChI is InChI=1S/C23H24ClN3O3S/c1-16(2)27(3)31(29,30)18-12-13-20(24)19(15-18)23(28)26-22(17-9-5-4-6-10-17)21-11-7-8-14-25-21/h4-16,22H,1-3H3,(H,26,28). The van der Waals surface area contributed by atoms with E-state index in [2.05, 4.69) is 10.3 Å². The van der Waals surface area contributed by atoms with Crippen LogP contribution in [-0.4, -0.2) is 36.7 Å². The Bertz CT molecular complexity index is 1110. The molecule has 0 saturated carbocycles. The van der Waals surface area contributed by atoms with E-state index in [4.69, 9.17) is 11.6 Å². The zero-order valence-electron chi connectivity index (χ0n) is 17.5. The number of rotatable bonds is 7. The number of benzene rings is 2. The van der Waals surface area contributed by atoms with E-state index >= 15 is 0 Å². The Hall–Kier alpha value is -2.74. The van der Waals surface area contributed by atoms with Gasteiger partial charge in [0.05, 0.1) is 27.2 Å². The number of halogens is 1. The van der Waals surface area contributed by atoms with Crippen LogP contribution in [0.4, 0.5) is 0 Å². The summed E-state index contributed by atoms with van der Waals surface area (Å²) in [5.41, 5.74) is 1.58. The summed E-state index contributed by atoms with van der Waals surface area (Å²) in [6, 6.07) is 18.3. The average molecular weight is 458 g/mol. The zero-order valence-corrected chi connectivity index (χ0v) is 19.1. The Morgan fingerprint density at radius 3 is 2.32 bits per heavy atom. The third-order valence-electron chi connectivity index (χ3n) is 4.98. The second-order valence-electron chi connectivity index (χ2n) is 7.33. The van der Waals surface area contributed by atoms with Gasteiger partial charge in [0.1, 0.15) is 0 Å². The van der Waals surface area contributed by atoms with Crippen molar-refractivity contribution >= 4 is 27.5 Å². The highest BCUT2D eigenvalue weighted by Crippen LogP contribution is 2.26. The molecule has 1 N–H and O–H groups in total. The molecule has 0 bridgehead atoms. The van der Waals surface area contributed by atoms with E-state index in [0.717, 1.165) is 5.56 Å². The van der Waals surface area contributed by atoms with Crippen LogP contribution in [0.1, 0.15) is 41.5 Å². The van der Waals surface area contributed by atoms with Crippen molar-refractivity contribution in [2.75, 3.05) is 7.05 Å². The number of carbonyl (C=O) groups is 1. The number of aromatic nitrogens is 1. The van der Waals surface area contributed by atoms with E-state index in [1.54, 1.807) is 26.1 Å². The first-order valence-electron chi connectivity index (χ1n) is 9.76. The van der Waals surface area contributed by atoms with Gasteiger partial charge in [-0.05, 0) is 49.7 Å². The van der Waals surface area contributed by atoms with Gasteiger partial charge in [-0.15, -0.1) is 0 Å². The van der Waals surface area contributed by atoms with Gasteiger partial charge in [-0.1, -0.05) is 48.0 Å². The molecule has 0 aliphatic rings. The predicted molar refractivity (Wildman–Crippen MR) is 122 cm³/mol. The number of nitrogens with one attached hydrogen (secondary N) is 1. The van der Waals surface area contributed by atoms with Crippen LogP contribution in [-0.2, 0) is 10.0 Å². The van der Waals surface area contributed by atoms with Crippen molar-refractivity contribution in [1.29, 1.82) is 0 Å². The fourth-order valence-electron chi connectivity index (χ4n) is 3.01. The van der Waals surface area contributed by atoms with Crippen molar-refractivity contribution in [1.82, 2.24) is 14.6 Å². The minimum Gasteiger partial charge on any atom is -0.339 e. The number of sulfonamides is 1. The molecule has 1 heterocycles. The maximum absolute atomic E-state index is 13.2. The lowest BCUT2D eigenvalue weighted by Crippen LogP contribution is -2.33. The second kappa shape index (κ2) is 9.60. The highest BCUT2D eigenvalue weighted by atomic mass is 35.5. The van der Waals surface area contributed by atoms with E-state index in [0.29, 0.717) is 5.69 Å². The molecule has 0 radical (unpaired) electrons. The summed E-state index contributed by atoms with van der Waals surface area (Å²) in [4.78, 5) is 17.6. The van der Waals surface area contributed by atoms with Crippen LogP contribution in [0.5, 0.6) is 0 Å². The monoisotopic (exact) mass is 457 g/mol.